The van der Waals surface area contributed by atoms with E-state index in [1.165, 1.54) is 12.4 Å². The predicted octanol–water partition coefficient (Wildman–Crippen LogP) is 3.15. The molecule has 0 aliphatic heterocycles. The van der Waals surface area contributed by atoms with Gasteiger partial charge in [-0.1, -0.05) is 46.4 Å². The maximum atomic E-state index is 6.82. The van der Waals surface area contributed by atoms with Crippen molar-refractivity contribution < 1.29 is 0 Å². The first-order valence-electron chi connectivity index (χ1n) is 2.41. The van der Waals surface area contributed by atoms with Gasteiger partial charge in [-0.05, 0) is 0 Å². The average Bonchev–Trinajstić information content (AvgIpc) is 1.86. The summed E-state index contributed by atoms with van der Waals surface area (Å²) < 4.78 is 0.0619. The van der Waals surface area contributed by atoms with E-state index in [0.717, 1.165) is 0 Å². The van der Waals surface area contributed by atoms with Gasteiger partial charge in [-0.15, -0.1) is 0 Å². The molecule has 0 bridgehead atoms. The highest BCUT2D eigenvalue weighted by Gasteiger charge is 1.94. The van der Waals surface area contributed by atoms with Gasteiger partial charge in [-0.2, -0.15) is 0 Å². The number of rotatable bonds is 3. The fourth-order valence-electron chi connectivity index (χ4n) is 0.241. The second kappa shape index (κ2) is 5.72. The number of hydrogen-bond acceptors (Lipinski definition) is 2. The Bertz CT molecular complexity index is 205. The third-order valence-electron chi connectivity index (χ3n) is 0.612. The van der Waals surface area contributed by atoms with Gasteiger partial charge >= 0.3 is 0 Å². The fourth-order valence-corrected chi connectivity index (χ4v) is 0.485. The predicted molar refractivity (Wildman–Crippen MR) is 50.4 cm³/mol. The van der Waals surface area contributed by atoms with Gasteiger partial charge in [-0.3, -0.25) is 5.41 Å². The molecule has 6 heteroatoms. The van der Waals surface area contributed by atoms with E-state index in [2.05, 4.69) is 5.32 Å². The van der Waals surface area contributed by atoms with E-state index in [-0.39, 0.29) is 14.7 Å². The molecule has 0 radical (unpaired) electrons. The van der Waals surface area contributed by atoms with E-state index in [4.69, 9.17) is 51.8 Å². The Balaban J connectivity index is 3.94. The van der Waals surface area contributed by atoms with E-state index < -0.39 is 0 Å². The standard InChI is InChI=1S/C5H4Cl4N2/c6-3(5(9)10)1-11-2-4(7)8/h1-2,10-11H/b3-1+,10-5?. The van der Waals surface area contributed by atoms with Crippen LogP contribution in [0.15, 0.2) is 21.9 Å². The van der Waals surface area contributed by atoms with Gasteiger partial charge in [0.25, 0.3) is 0 Å². The molecule has 0 atom stereocenters. The van der Waals surface area contributed by atoms with Crippen LogP contribution in [0.5, 0.6) is 0 Å². The van der Waals surface area contributed by atoms with E-state index >= 15 is 0 Å². The van der Waals surface area contributed by atoms with Gasteiger partial charge in [0.1, 0.15) is 9.66 Å². The highest BCUT2D eigenvalue weighted by atomic mass is 35.5. The van der Waals surface area contributed by atoms with Crippen molar-refractivity contribution in [2.24, 2.45) is 0 Å². The molecular weight excluding hydrogens is 230 g/mol. The zero-order chi connectivity index (χ0) is 8.85. The number of halogens is 4. The summed E-state index contributed by atoms with van der Waals surface area (Å²) in [6.45, 7) is 0. The summed E-state index contributed by atoms with van der Waals surface area (Å²) in [6.07, 6.45) is 2.59. The van der Waals surface area contributed by atoms with Crippen LogP contribution >= 0.6 is 46.4 Å². The van der Waals surface area contributed by atoms with Gasteiger partial charge in [0, 0.05) is 12.4 Å². The summed E-state index contributed by atoms with van der Waals surface area (Å²) in [5.41, 5.74) is 0. The summed E-state index contributed by atoms with van der Waals surface area (Å²) in [4.78, 5) is 0. The molecule has 0 fully saturated rings. The molecule has 0 unspecified atom stereocenters. The quantitative estimate of drug-likeness (QED) is 0.722. The highest BCUT2D eigenvalue weighted by Crippen LogP contribution is 2.06. The molecule has 2 nitrogen and oxygen atoms in total. The monoisotopic (exact) mass is 232 g/mol. The van der Waals surface area contributed by atoms with Gasteiger partial charge in [0.15, 0.2) is 0 Å². The van der Waals surface area contributed by atoms with Crippen LogP contribution in [0.4, 0.5) is 0 Å². The van der Waals surface area contributed by atoms with Crippen molar-refractivity contribution in [3.05, 3.63) is 21.9 Å². The summed E-state index contributed by atoms with van der Waals surface area (Å²) >= 11 is 21.1. The molecule has 0 aliphatic rings. The van der Waals surface area contributed by atoms with Gasteiger partial charge < -0.3 is 5.32 Å². The number of hydrogen-bond donors (Lipinski definition) is 2. The smallest absolute Gasteiger partial charge is 0.141 e. The van der Waals surface area contributed by atoms with Crippen LogP contribution in [0.3, 0.4) is 0 Å². The molecule has 0 aromatic rings. The average molecular weight is 234 g/mol. The molecule has 2 N–H and O–H groups in total. The molecule has 0 aromatic heterocycles. The van der Waals surface area contributed by atoms with Crippen molar-refractivity contribution in [3.63, 3.8) is 0 Å². The molecule has 0 rings (SSSR count). The lowest BCUT2D eigenvalue weighted by Gasteiger charge is -1.92. The maximum Gasteiger partial charge on any atom is 0.141 e. The van der Waals surface area contributed by atoms with Crippen LogP contribution in [0.2, 0.25) is 0 Å². The first-order chi connectivity index (χ1) is 5.04. The first kappa shape index (κ1) is 11.1. The Hall–Kier alpha value is 0.110. The summed E-state index contributed by atoms with van der Waals surface area (Å²) in [6, 6.07) is 0. The molecular formula is C5H4Cl4N2. The van der Waals surface area contributed by atoms with Gasteiger partial charge in [0.2, 0.25) is 0 Å². The largest absolute Gasteiger partial charge is 0.364 e. The topological polar surface area (TPSA) is 35.9 Å². The lowest BCUT2D eigenvalue weighted by molar-refractivity contribution is 1.19. The summed E-state index contributed by atoms with van der Waals surface area (Å²) in [5.74, 6) is 0. The van der Waals surface area contributed by atoms with Crippen molar-refractivity contribution >= 4 is 51.6 Å². The highest BCUT2D eigenvalue weighted by molar-refractivity contribution is 6.75. The molecule has 0 aromatic carbocycles. The van der Waals surface area contributed by atoms with E-state index in [1.54, 1.807) is 0 Å². The van der Waals surface area contributed by atoms with E-state index in [9.17, 15) is 0 Å². The van der Waals surface area contributed by atoms with E-state index in [0.29, 0.717) is 0 Å². The van der Waals surface area contributed by atoms with Crippen LogP contribution in [-0.2, 0) is 0 Å². The SMILES string of the molecule is N=C(Cl)/C(Cl)=C\NC=C(Cl)Cl. The number of allylic oxidation sites excluding steroid dienone is 1. The lowest BCUT2D eigenvalue weighted by Crippen LogP contribution is -1.96. The zero-order valence-corrected chi connectivity index (χ0v) is 8.19. The van der Waals surface area contributed by atoms with Crippen LogP contribution in [0, 0.1) is 5.41 Å². The normalized spacial score (nSPS) is 10.7. The second-order valence-electron chi connectivity index (χ2n) is 1.41. The second-order valence-corrected chi connectivity index (χ2v) is 3.20. The molecule has 62 valence electrons. The molecule has 11 heavy (non-hydrogen) atoms. The summed E-state index contributed by atoms with van der Waals surface area (Å²) in [7, 11) is 0. The van der Waals surface area contributed by atoms with Crippen molar-refractivity contribution in [1.82, 2.24) is 5.32 Å². The van der Waals surface area contributed by atoms with Crippen molar-refractivity contribution in [2.45, 2.75) is 0 Å². The molecule has 0 aliphatic carbocycles. The molecule has 0 amide bonds. The van der Waals surface area contributed by atoms with Crippen molar-refractivity contribution in [1.29, 1.82) is 5.41 Å². The van der Waals surface area contributed by atoms with Crippen LogP contribution in [0.25, 0.3) is 0 Å². The zero-order valence-electron chi connectivity index (χ0n) is 5.17. The van der Waals surface area contributed by atoms with Crippen LogP contribution in [-0.4, -0.2) is 5.17 Å². The lowest BCUT2D eigenvalue weighted by atomic mass is 10.6. The Labute approximate surface area is 84.3 Å². The van der Waals surface area contributed by atoms with Gasteiger partial charge in [0.05, 0.1) is 5.03 Å². The first-order valence-corrected chi connectivity index (χ1v) is 3.92. The van der Waals surface area contributed by atoms with Gasteiger partial charge in [-0.25, -0.2) is 0 Å². The Morgan fingerprint density at radius 2 is 1.64 bits per heavy atom. The Morgan fingerprint density at radius 1 is 1.09 bits per heavy atom. The van der Waals surface area contributed by atoms with Crippen molar-refractivity contribution in [2.75, 3.05) is 0 Å². The third-order valence-corrected chi connectivity index (χ3v) is 1.43. The minimum atomic E-state index is -0.252. The molecule has 0 heterocycles. The Morgan fingerprint density at radius 3 is 2.00 bits per heavy atom. The summed E-state index contributed by atoms with van der Waals surface area (Å²) in [5, 5.41) is 9.17. The Kier molecular flexibility index (Phi) is 5.78. The third kappa shape index (κ3) is 6.51. The fraction of sp³-hybridized carbons (Fsp3) is 0. The minimum Gasteiger partial charge on any atom is -0.364 e. The van der Waals surface area contributed by atoms with E-state index in [1.807, 2.05) is 0 Å². The van der Waals surface area contributed by atoms with Crippen molar-refractivity contribution in [3.8, 4) is 0 Å². The van der Waals surface area contributed by atoms with Crippen LogP contribution in [0.1, 0.15) is 0 Å². The number of nitrogens with one attached hydrogen (secondary N) is 2. The minimum absolute atomic E-state index is 0.0619. The maximum absolute atomic E-state index is 6.82. The molecule has 0 spiro atoms. The molecule has 0 saturated carbocycles. The molecule has 0 saturated heterocycles. The van der Waals surface area contributed by atoms with Crippen LogP contribution < -0.4 is 5.32 Å².